The van der Waals surface area contributed by atoms with Crippen LogP contribution in [-0.2, 0) is 44.2 Å². The van der Waals surface area contributed by atoms with Crippen molar-refractivity contribution in [2.75, 3.05) is 0 Å². The van der Waals surface area contributed by atoms with Crippen molar-refractivity contribution in [3.8, 4) is 0 Å². The maximum atomic E-state index is 8.33. The SMILES string of the molecule is [Li].[Mo].[O]=[W]. The summed E-state index contributed by atoms with van der Waals surface area (Å²) < 4.78 is 8.33. The fourth-order valence-electron chi connectivity index (χ4n) is 0. The number of rotatable bonds is 0. The van der Waals surface area contributed by atoms with Crippen LogP contribution >= 0.6 is 0 Å². The standard InChI is InChI=1S/Li.Mo.O.W. The van der Waals surface area contributed by atoms with Gasteiger partial charge in [0, 0.05) is 39.9 Å². The molecule has 0 N–H and O–H groups in total. The molecular formula is LiMoOW. The summed E-state index contributed by atoms with van der Waals surface area (Å²) in [5.74, 6) is 0. The molecule has 0 rings (SSSR count). The number of hydrogen-bond donors (Lipinski definition) is 0. The Kier molecular flexibility index (Phi) is 92.4. The van der Waals surface area contributed by atoms with Gasteiger partial charge in [0.05, 0.1) is 0 Å². The van der Waals surface area contributed by atoms with Crippen LogP contribution in [0.2, 0.25) is 0 Å². The van der Waals surface area contributed by atoms with Gasteiger partial charge in [-0.05, 0) is 0 Å². The average molecular weight is 303 g/mol. The molecule has 0 bridgehead atoms. The van der Waals surface area contributed by atoms with E-state index in [0.717, 1.165) is 0 Å². The Hall–Kier alpha value is 1.77. The molecule has 0 saturated carbocycles. The first-order valence-electron chi connectivity index (χ1n) is 0.167. The van der Waals surface area contributed by atoms with Gasteiger partial charge >= 0.3 is 23.2 Å². The van der Waals surface area contributed by atoms with E-state index in [9.17, 15) is 0 Å². The zero-order valence-electron chi connectivity index (χ0n) is 2.22. The van der Waals surface area contributed by atoms with Gasteiger partial charge in [0.15, 0.2) is 0 Å². The van der Waals surface area contributed by atoms with Crippen molar-refractivity contribution in [2.45, 2.75) is 0 Å². The summed E-state index contributed by atoms with van der Waals surface area (Å²) in [6, 6.07) is 0. The van der Waals surface area contributed by atoms with Crippen molar-refractivity contribution in [3.05, 3.63) is 0 Å². The minimum atomic E-state index is 0. The van der Waals surface area contributed by atoms with Gasteiger partial charge in [-0.3, -0.25) is 0 Å². The molecule has 0 aromatic heterocycles. The van der Waals surface area contributed by atoms with E-state index in [0.29, 0.717) is 19.8 Å². The van der Waals surface area contributed by atoms with Crippen molar-refractivity contribution in [1.29, 1.82) is 0 Å². The Balaban J connectivity index is -0.00000000500. The van der Waals surface area contributed by atoms with Gasteiger partial charge in [-0.1, -0.05) is 0 Å². The van der Waals surface area contributed by atoms with Crippen LogP contribution in [0.1, 0.15) is 0 Å². The van der Waals surface area contributed by atoms with Gasteiger partial charge in [0.2, 0.25) is 0 Å². The summed E-state index contributed by atoms with van der Waals surface area (Å²) in [5, 5.41) is 0. The molecule has 0 atom stereocenters. The van der Waals surface area contributed by atoms with Crippen molar-refractivity contribution >= 4 is 18.9 Å². The summed E-state index contributed by atoms with van der Waals surface area (Å²) in [5.41, 5.74) is 0. The predicted octanol–water partition coefficient (Wildman–Crippen LogP) is -0.505. The van der Waals surface area contributed by atoms with E-state index in [-0.39, 0.29) is 39.9 Å². The van der Waals surface area contributed by atoms with Crippen LogP contribution in [0.5, 0.6) is 0 Å². The maximum absolute atomic E-state index is 8.33. The Morgan fingerprint density at radius 1 is 1.25 bits per heavy atom. The first-order valence-corrected chi connectivity index (χ1v) is 1.36. The van der Waals surface area contributed by atoms with Crippen LogP contribution in [0.15, 0.2) is 0 Å². The fraction of sp³-hybridized carbons (Fsp3) is 0. The van der Waals surface area contributed by atoms with Crippen LogP contribution < -0.4 is 0 Å². The summed E-state index contributed by atoms with van der Waals surface area (Å²) >= 11 is 0.333. The molecule has 1 nitrogen and oxygen atoms in total. The van der Waals surface area contributed by atoms with Crippen molar-refractivity contribution in [2.24, 2.45) is 0 Å². The molecule has 0 fully saturated rings. The second kappa shape index (κ2) is 21.6. The van der Waals surface area contributed by atoms with Crippen molar-refractivity contribution < 1.29 is 44.2 Å². The van der Waals surface area contributed by atoms with Crippen LogP contribution in [0, 0.1) is 0 Å². The average Bonchev–Trinajstić information content (AvgIpc) is 1.00. The minimum absolute atomic E-state index is 0. The Labute approximate surface area is 62.6 Å². The molecule has 0 heterocycles. The zero-order valence-corrected chi connectivity index (χ0v) is 7.17. The normalized spacial score (nSPS) is 1.00. The molecule has 4 heavy (non-hydrogen) atoms. The molecule has 0 aliphatic rings. The molecule has 1 radical (unpaired) electrons. The van der Waals surface area contributed by atoms with E-state index in [4.69, 9.17) is 3.40 Å². The van der Waals surface area contributed by atoms with E-state index >= 15 is 0 Å². The Morgan fingerprint density at radius 2 is 1.25 bits per heavy atom. The summed E-state index contributed by atoms with van der Waals surface area (Å²) in [6.45, 7) is 0. The summed E-state index contributed by atoms with van der Waals surface area (Å²) in [4.78, 5) is 0. The van der Waals surface area contributed by atoms with Crippen molar-refractivity contribution in [1.82, 2.24) is 0 Å². The molecule has 0 amide bonds. The Bertz CT molecular complexity index is 8.00. The van der Waals surface area contributed by atoms with E-state index in [1.54, 1.807) is 0 Å². The molecule has 0 unspecified atom stereocenters. The quantitative estimate of drug-likeness (QED) is 0.551. The molecule has 0 aromatic rings. The van der Waals surface area contributed by atoms with Gasteiger partial charge in [0.25, 0.3) is 0 Å². The molecule has 4 heteroatoms. The molecule has 0 aromatic carbocycles. The first kappa shape index (κ1) is 17.1. The molecule has 0 saturated heterocycles. The second-order valence-corrected chi connectivity index (χ2v) is 0. The summed E-state index contributed by atoms with van der Waals surface area (Å²) in [6.07, 6.45) is 0. The Morgan fingerprint density at radius 3 is 1.25 bits per heavy atom. The van der Waals surface area contributed by atoms with Gasteiger partial charge in [-0.15, -0.1) is 0 Å². The third-order valence-electron chi connectivity index (χ3n) is 0. The molecule has 0 spiro atoms. The van der Waals surface area contributed by atoms with Gasteiger partial charge in [0.1, 0.15) is 0 Å². The van der Waals surface area contributed by atoms with Crippen LogP contribution in [-0.4, -0.2) is 18.9 Å². The van der Waals surface area contributed by atoms with Crippen LogP contribution in [0.25, 0.3) is 0 Å². The van der Waals surface area contributed by atoms with Crippen LogP contribution in [0.4, 0.5) is 0 Å². The molecular weight excluding hydrogens is 303 g/mol. The third-order valence-corrected chi connectivity index (χ3v) is 0. The van der Waals surface area contributed by atoms with Gasteiger partial charge in [-0.25, -0.2) is 0 Å². The van der Waals surface area contributed by atoms with E-state index in [1.165, 1.54) is 0 Å². The zero-order chi connectivity index (χ0) is 2.00. The van der Waals surface area contributed by atoms with Gasteiger partial charge in [-0.2, -0.15) is 0 Å². The monoisotopic (exact) mass is 305 g/mol. The topological polar surface area (TPSA) is 17.1 Å². The van der Waals surface area contributed by atoms with E-state index < -0.39 is 0 Å². The fourth-order valence-corrected chi connectivity index (χ4v) is 0. The van der Waals surface area contributed by atoms with Gasteiger partial charge < -0.3 is 0 Å². The molecule has 19 valence electrons. The molecule has 0 aliphatic carbocycles. The second-order valence-electron chi connectivity index (χ2n) is 0. The van der Waals surface area contributed by atoms with E-state index in [1.807, 2.05) is 0 Å². The summed E-state index contributed by atoms with van der Waals surface area (Å²) in [7, 11) is 0. The van der Waals surface area contributed by atoms with Crippen LogP contribution in [0.3, 0.4) is 0 Å². The first-order chi connectivity index (χ1) is 1.00. The van der Waals surface area contributed by atoms with E-state index in [2.05, 4.69) is 0 Å². The predicted molar refractivity (Wildman–Crippen MR) is 6.44 cm³/mol. The molecule has 0 aliphatic heterocycles. The number of hydrogen-bond acceptors (Lipinski definition) is 1. The van der Waals surface area contributed by atoms with Crippen molar-refractivity contribution in [3.63, 3.8) is 0 Å². The third kappa shape index (κ3) is 9.23.